The summed E-state index contributed by atoms with van der Waals surface area (Å²) in [5.74, 6) is 0. The van der Waals surface area contributed by atoms with Gasteiger partial charge >= 0.3 is 0 Å². The zero-order valence-electron chi connectivity index (χ0n) is 9.25. The molecule has 0 bridgehead atoms. The van der Waals surface area contributed by atoms with Gasteiger partial charge in [0.2, 0.25) is 0 Å². The molecule has 2 heterocycles. The summed E-state index contributed by atoms with van der Waals surface area (Å²) in [6.07, 6.45) is 0. The van der Waals surface area contributed by atoms with Gasteiger partial charge < -0.3 is 0 Å². The van der Waals surface area contributed by atoms with Gasteiger partial charge in [0.15, 0.2) is 4.96 Å². The van der Waals surface area contributed by atoms with Crippen LogP contribution in [0.1, 0.15) is 5.69 Å². The van der Waals surface area contributed by atoms with Gasteiger partial charge in [0.25, 0.3) is 5.56 Å². The van der Waals surface area contributed by atoms with Crippen molar-refractivity contribution in [3.63, 3.8) is 0 Å². The number of hydrogen-bond donors (Lipinski definition) is 0. The molecule has 4 heteroatoms. The molecular weight excluding hydrogens is 232 g/mol. The largest absolute Gasteiger partial charge is 0.269 e. The maximum Gasteiger partial charge on any atom is 0.259 e. The number of hydrogen-bond acceptors (Lipinski definition) is 3. The van der Waals surface area contributed by atoms with Crippen LogP contribution in [0.2, 0.25) is 0 Å². The Balaban J connectivity index is 2.37. The molecule has 3 nitrogen and oxygen atoms in total. The summed E-state index contributed by atoms with van der Waals surface area (Å²) in [6, 6.07) is 11.4. The van der Waals surface area contributed by atoms with E-state index in [-0.39, 0.29) is 5.56 Å². The molecule has 3 aromatic rings. The Hall–Kier alpha value is -1.94. The molecule has 0 N–H and O–H groups in total. The average Bonchev–Trinajstić information content (AvgIpc) is 2.74. The number of aryl methyl sites for hydroxylation is 1. The third-order valence-electron chi connectivity index (χ3n) is 2.60. The fraction of sp³-hybridized carbons (Fsp3) is 0.0769. The smallest absolute Gasteiger partial charge is 0.259 e. The van der Waals surface area contributed by atoms with Crippen molar-refractivity contribution < 1.29 is 0 Å². The summed E-state index contributed by atoms with van der Waals surface area (Å²) in [4.78, 5) is 17.1. The third-order valence-corrected chi connectivity index (χ3v) is 3.43. The normalized spacial score (nSPS) is 10.9. The lowest BCUT2D eigenvalue weighted by Gasteiger charge is -2.01. The molecule has 0 amide bonds. The predicted molar refractivity (Wildman–Crippen MR) is 69.5 cm³/mol. The maximum absolute atomic E-state index is 12.0. The van der Waals surface area contributed by atoms with Gasteiger partial charge in [-0.25, -0.2) is 4.98 Å². The van der Waals surface area contributed by atoms with Crippen LogP contribution in [-0.4, -0.2) is 9.38 Å². The van der Waals surface area contributed by atoms with E-state index in [0.29, 0.717) is 0 Å². The Labute approximate surface area is 102 Å². The fourth-order valence-electron chi connectivity index (χ4n) is 1.84. The van der Waals surface area contributed by atoms with Crippen molar-refractivity contribution in [3.05, 3.63) is 57.8 Å². The summed E-state index contributed by atoms with van der Waals surface area (Å²) in [5, 5.41) is 1.97. The van der Waals surface area contributed by atoms with E-state index in [0.717, 1.165) is 21.9 Å². The van der Waals surface area contributed by atoms with Crippen LogP contribution in [0.25, 0.3) is 16.2 Å². The standard InChI is InChI=1S/C13H10N2OS/c1-9-7-12(16)15-11(8-17-13(15)14-9)10-5-3-2-4-6-10/h2-8H,1H3. The summed E-state index contributed by atoms with van der Waals surface area (Å²) < 4.78 is 1.66. The number of nitrogens with zero attached hydrogens (tertiary/aromatic N) is 2. The lowest BCUT2D eigenvalue weighted by Crippen LogP contribution is -2.13. The van der Waals surface area contributed by atoms with Crippen LogP contribution >= 0.6 is 11.3 Å². The highest BCUT2D eigenvalue weighted by atomic mass is 32.1. The van der Waals surface area contributed by atoms with Crippen molar-refractivity contribution in [2.24, 2.45) is 0 Å². The minimum atomic E-state index is -0.0207. The van der Waals surface area contributed by atoms with E-state index in [1.807, 2.05) is 42.6 Å². The van der Waals surface area contributed by atoms with Crippen LogP contribution in [0.4, 0.5) is 0 Å². The Kier molecular flexibility index (Phi) is 2.30. The number of thiazole rings is 1. The zero-order valence-corrected chi connectivity index (χ0v) is 10.1. The maximum atomic E-state index is 12.0. The van der Waals surface area contributed by atoms with E-state index in [1.165, 1.54) is 11.3 Å². The van der Waals surface area contributed by atoms with E-state index < -0.39 is 0 Å². The van der Waals surface area contributed by atoms with E-state index in [1.54, 1.807) is 10.5 Å². The molecule has 0 atom stereocenters. The van der Waals surface area contributed by atoms with Gasteiger partial charge in [-0.05, 0) is 12.5 Å². The Bertz CT molecular complexity index is 728. The van der Waals surface area contributed by atoms with Crippen molar-refractivity contribution in [2.45, 2.75) is 6.92 Å². The van der Waals surface area contributed by atoms with Crippen molar-refractivity contribution >= 4 is 16.3 Å². The highest BCUT2D eigenvalue weighted by Gasteiger charge is 2.08. The number of benzene rings is 1. The van der Waals surface area contributed by atoms with Crippen LogP contribution in [0, 0.1) is 6.92 Å². The van der Waals surface area contributed by atoms with Crippen LogP contribution in [0.3, 0.4) is 0 Å². The van der Waals surface area contributed by atoms with Crippen molar-refractivity contribution in [2.75, 3.05) is 0 Å². The topological polar surface area (TPSA) is 34.4 Å². The number of fused-ring (bicyclic) bond motifs is 1. The molecule has 2 aromatic heterocycles. The van der Waals surface area contributed by atoms with E-state index >= 15 is 0 Å². The first-order valence-electron chi connectivity index (χ1n) is 5.29. The van der Waals surface area contributed by atoms with E-state index in [4.69, 9.17) is 0 Å². The Morgan fingerprint density at radius 2 is 2.00 bits per heavy atom. The summed E-state index contributed by atoms with van der Waals surface area (Å²) >= 11 is 1.49. The monoisotopic (exact) mass is 242 g/mol. The van der Waals surface area contributed by atoms with Crippen molar-refractivity contribution in [3.8, 4) is 11.3 Å². The molecule has 0 aliphatic heterocycles. The van der Waals surface area contributed by atoms with Crippen molar-refractivity contribution in [1.82, 2.24) is 9.38 Å². The van der Waals surface area contributed by atoms with Crippen LogP contribution in [0.5, 0.6) is 0 Å². The second-order valence-corrected chi connectivity index (χ2v) is 4.68. The minimum Gasteiger partial charge on any atom is -0.269 e. The van der Waals surface area contributed by atoms with Gasteiger partial charge in [-0.3, -0.25) is 9.20 Å². The highest BCUT2D eigenvalue weighted by molar-refractivity contribution is 7.15. The third kappa shape index (κ3) is 1.66. The zero-order chi connectivity index (χ0) is 11.8. The lowest BCUT2D eigenvalue weighted by molar-refractivity contribution is 1.05. The van der Waals surface area contributed by atoms with Crippen LogP contribution < -0.4 is 5.56 Å². The first-order chi connectivity index (χ1) is 8.25. The molecule has 0 saturated carbocycles. The SMILES string of the molecule is Cc1cc(=O)n2c(-c3ccccc3)csc2n1. The molecule has 0 fully saturated rings. The first kappa shape index (κ1) is 10.2. The van der Waals surface area contributed by atoms with Crippen molar-refractivity contribution in [1.29, 1.82) is 0 Å². The van der Waals surface area contributed by atoms with Gasteiger partial charge in [0.05, 0.1) is 5.69 Å². The number of rotatable bonds is 1. The first-order valence-corrected chi connectivity index (χ1v) is 6.17. The van der Waals surface area contributed by atoms with Gasteiger partial charge in [-0.2, -0.15) is 0 Å². The van der Waals surface area contributed by atoms with Gasteiger partial charge in [-0.15, -0.1) is 11.3 Å². The predicted octanol–water partition coefficient (Wildman–Crippen LogP) is 2.73. The molecule has 1 aromatic carbocycles. The van der Waals surface area contributed by atoms with Crippen LogP contribution in [-0.2, 0) is 0 Å². The van der Waals surface area contributed by atoms with Gasteiger partial charge in [0, 0.05) is 17.1 Å². The molecule has 0 unspecified atom stereocenters. The molecule has 0 aliphatic carbocycles. The summed E-state index contributed by atoms with van der Waals surface area (Å²) in [6.45, 7) is 1.84. The van der Waals surface area contributed by atoms with Gasteiger partial charge in [0.1, 0.15) is 0 Å². The number of aromatic nitrogens is 2. The van der Waals surface area contributed by atoms with E-state index in [2.05, 4.69) is 4.98 Å². The Morgan fingerprint density at radius 1 is 1.24 bits per heavy atom. The summed E-state index contributed by atoms with van der Waals surface area (Å²) in [5.41, 5.74) is 2.68. The van der Waals surface area contributed by atoms with Gasteiger partial charge in [-0.1, -0.05) is 30.3 Å². The Morgan fingerprint density at radius 3 is 2.76 bits per heavy atom. The summed E-state index contributed by atoms with van der Waals surface area (Å²) in [7, 11) is 0. The molecule has 0 radical (unpaired) electrons. The quantitative estimate of drug-likeness (QED) is 0.657. The van der Waals surface area contributed by atoms with E-state index in [9.17, 15) is 4.79 Å². The molecule has 3 rings (SSSR count). The second-order valence-electron chi connectivity index (χ2n) is 3.84. The lowest BCUT2D eigenvalue weighted by atomic mass is 10.2. The van der Waals surface area contributed by atoms with Crippen LogP contribution in [0.15, 0.2) is 46.6 Å². The molecule has 0 spiro atoms. The molecule has 0 saturated heterocycles. The highest BCUT2D eigenvalue weighted by Crippen LogP contribution is 2.23. The molecule has 84 valence electrons. The average molecular weight is 242 g/mol. The second kappa shape index (κ2) is 3.82. The molecule has 0 aliphatic rings. The molecular formula is C13H10N2OS. The molecule has 17 heavy (non-hydrogen) atoms. The minimum absolute atomic E-state index is 0.0207. The fourth-order valence-corrected chi connectivity index (χ4v) is 2.79.